The molecule has 4 nitrogen and oxygen atoms in total. The van der Waals surface area contributed by atoms with E-state index in [-0.39, 0.29) is 18.6 Å². The number of ether oxygens (including phenoxy) is 2. The molecule has 5 heteroatoms. The Labute approximate surface area is 176 Å². The summed E-state index contributed by atoms with van der Waals surface area (Å²) in [6.45, 7) is 12.3. The van der Waals surface area contributed by atoms with Crippen LogP contribution < -0.4 is 14.8 Å². The van der Waals surface area contributed by atoms with Crippen LogP contribution in [0.1, 0.15) is 60.5 Å². The summed E-state index contributed by atoms with van der Waals surface area (Å²) in [7, 11) is 1.69. The number of benzene rings is 2. The Kier molecular flexibility index (Phi) is 7.53. The normalized spacial score (nSPS) is 12.0. The van der Waals surface area contributed by atoms with Crippen molar-refractivity contribution in [3.8, 4) is 11.5 Å². The number of hydrogen-bond donors (Lipinski definition) is 1. The van der Waals surface area contributed by atoms with Crippen molar-refractivity contribution in [3.05, 3.63) is 56.6 Å². The van der Waals surface area contributed by atoms with Crippen LogP contribution in [0.3, 0.4) is 0 Å². The predicted molar refractivity (Wildman–Crippen MR) is 117 cm³/mol. The molecule has 0 aliphatic rings. The highest BCUT2D eigenvalue weighted by atomic mass is 79.9. The number of carbonyl (C=O) groups is 1. The van der Waals surface area contributed by atoms with Gasteiger partial charge in [-0.15, -0.1) is 0 Å². The van der Waals surface area contributed by atoms with Gasteiger partial charge in [-0.05, 0) is 85.7 Å². The van der Waals surface area contributed by atoms with Gasteiger partial charge < -0.3 is 14.8 Å². The fourth-order valence-corrected chi connectivity index (χ4v) is 3.54. The molecule has 0 heterocycles. The van der Waals surface area contributed by atoms with Crippen molar-refractivity contribution in [3.63, 3.8) is 0 Å². The molecule has 0 aliphatic carbocycles. The highest BCUT2D eigenvalue weighted by Crippen LogP contribution is 2.32. The van der Waals surface area contributed by atoms with E-state index < -0.39 is 0 Å². The van der Waals surface area contributed by atoms with E-state index in [0.29, 0.717) is 11.7 Å². The average Bonchev–Trinajstić information content (AvgIpc) is 2.63. The molecule has 152 valence electrons. The van der Waals surface area contributed by atoms with Crippen LogP contribution in [0.2, 0.25) is 0 Å². The largest absolute Gasteiger partial charge is 0.496 e. The molecule has 0 saturated carbocycles. The van der Waals surface area contributed by atoms with E-state index in [2.05, 4.69) is 41.2 Å². The minimum atomic E-state index is -0.146. The highest BCUT2D eigenvalue weighted by Gasteiger charge is 2.17. The van der Waals surface area contributed by atoms with Crippen molar-refractivity contribution in [2.75, 3.05) is 13.7 Å². The van der Waals surface area contributed by atoms with Crippen molar-refractivity contribution in [2.45, 2.75) is 53.5 Å². The van der Waals surface area contributed by atoms with Gasteiger partial charge in [0.15, 0.2) is 6.61 Å². The Balaban J connectivity index is 2.07. The van der Waals surface area contributed by atoms with Crippen molar-refractivity contribution in [1.82, 2.24) is 5.32 Å². The van der Waals surface area contributed by atoms with Gasteiger partial charge in [0.25, 0.3) is 5.91 Å². The molecule has 28 heavy (non-hydrogen) atoms. The molecule has 0 unspecified atom stereocenters. The summed E-state index contributed by atoms with van der Waals surface area (Å²) < 4.78 is 12.3. The summed E-state index contributed by atoms with van der Waals surface area (Å²) in [6.07, 6.45) is 0. The zero-order valence-electron chi connectivity index (χ0n) is 17.8. The van der Waals surface area contributed by atoms with Gasteiger partial charge in [-0.25, -0.2) is 0 Å². The first-order valence-electron chi connectivity index (χ1n) is 9.51. The van der Waals surface area contributed by atoms with Gasteiger partial charge >= 0.3 is 0 Å². The molecule has 2 rings (SSSR count). The van der Waals surface area contributed by atoms with Crippen LogP contribution in [-0.4, -0.2) is 19.6 Å². The monoisotopic (exact) mass is 447 g/mol. The topological polar surface area (TPSA) is 47.6 Å². The maximum atomic E-state index is 12.4. The van der Waals surface area contributed by atoms with Crippen LogP contribution in [0.5, 0.6) is 11.5 Å². The second-order valence-corrected chi connectivity index (χ2v) is 8.35. The van der Waals surface area contributed by atoms with Crippen molar-refractivity contribution >= 4 is 21.8 Å². The lowest BCUT2D eigenvalue weighted by Crippen LogP contribution is -2.31. The van der Waals surface area contributed by atoms with Gasteiger partial charge in [0.05, 0.1) is 13.2 Å². The van der Waals surface area contributed by atoms with Gasteiger partial charge in [0.1, 0.15) is 11.5 Å². The molecule has 2 aromatic rings. The van der Waals surface area contributed by atoms with Crippen LogP contribution in [0, 0.1) is 20.8 Å². The van der Waals surface area contributed by atoms with E-state index in [1.807, 2.05) is 45.9 Å². The minimum Gasteiger partial charge on any atom is -0.496 e. The Morgan fingerprint density at radius 2 is 1.61 bits per heavy atom. The van der Waals surface area contributed by atoms with E-state index in [4.69, 9.17) is 9.47 Å². The van der Waals surface area contributed by atoms with Crippen LogP contribution in [0.15, 0.2) is 28.7 Å². The lowest BCUT2D eigenvalue weighted by molar-refractivity contribution is -0.123. The van der Waals surface area contributed by atoms with Gasteiger partial charge in [-0.3, -0.25) is 4.79 Å². The Morgan fingerprint density at radius 3 is 2.14 bits per heavy atom. The molecule has 0 aliphatic heterocycles. The number of hydrogen-bond acceptors (Lipinski definition) is 3. The number of carbonyl (C=O) groups excluding carboxylic acids is 1. The molecule has 1 amide bonds. The minimum absolute atomic E-state index is 0.0168. The number of amides is 1. The molecule has 1 atom stereocenters. The predicted octanol–water partition coefficient (Wildman–Crippen LogP) is 5.76. The molecule has 1 N–H and O–H groups in total. The van der Waals surface area contributed by atoms with Crippen molar-refractivity contribution in [2.24, 2.45) is 0 Å². The second kappa shape index (κ2) is 9.46. The van der Waals surface area contributed by atoms with E-state index >= 15 is 0 Å². The molecule has 0 saturated heterocycles. The summed E-state index contributed by atoms with van der Waals surface area (Å²) >= 11 is 3.54. The standard InChI is InChI=1S/C23H30BrNO3/c1-13(2)19-11-20(14(3)10-21(19)27-7)17(6)25-22(26)12-28-18-8-15(4)23(24)16(5)9-18/h8-11,13,17H,12H2,1-7H3,(H,25,26)/t17-/m0/s1. The molecule has 0 spiro atoms. The number of rotatable bonds is 7. The summed E-state index contributed by atoms with van der Waals surface area (Å²) in [5.41, 5.74) is 5.49. The van der Waals surface area contributed by atoms with Crippen molar-refractivity contribution < 1.29 is 14.3 Å². The Morgan fingerprint density at radius 1 is 1.00 bits per heavy atom. The van der Waals surface area contributed by atoms with E-state index in [9.17, 15) is 4.79 Å². The fraction of sp³-hybridized carbons (Fsp3) is 0.435. The van der Waals surface area contributed by atoms with E-state index in [0.717, 1.165) is 38.0 Å². The first kappa shape index (κ1) is 22.3. The SMILES string of the molecule is COc1cc(C)c([C@H](C)NC(=O)COc2cc(C)c(Br)c(C)c2)cc1C(C)C. The molecule has 0 bridgehead atoms. The zero-order chi connectivity index (χ0) is 21.0. The third kappa shape index (κ3) is 5.28. The molecular formula is C23H30BrNO3. The van der Waals surface area contributed by atoms with Crippen molar-refractivity contribution in [1.29, 1.82) is 0 Å². The lowest BCUT2D eigenvalue weighted by Gasteiger charge is -2.21. The molecule has 0 aromatic heterocycles. The number of aryl methyl sites for hydroxylation is 3. The smallest absolute Gasteiger partial charge is 0.258 e. The molecule has 0 fully saturated rings. The summed E-state index contributed by atoms with van der Waals surface area (Å²) in [4.78, 5) is 12.4. The molecule has 2 aromatic carbocycles. The summed E-state index contributed by atoms with van der Waals surface area (Å²) in [5.74, 6) is 1.78. The number of methoxy groups -OCH3 is 1. The maximum Gasteiger partial charge on any atom is 0.258 e. The van der Waals surface area contributed by atoms with Crippen LogP contribution >= 0.6 is 15.9 Å². The molecule has 0 radical (unpaired) electrons. The third-order valence-corrected chi connectivity index (χ3v) is 6.12. The highest BCUT2D eigenvalue weighted by molar-refractivity contribution is 9.10. The Bertz CT molecular complexity index is 838. The summed E-state index contributed by atoms with van der Waals surface area (Å²) in [5, 5.41) is 3.04. The fourth-order valence-electron chi connectivity index (χ4n) is 3.31. The first-order chi connectivity index (χ1) is 13.1. The lowest BCUT2D eigenvalue weighted by atomic mass is 9.93. The van der Waals surface area contributed by atoms with E-state index in [1.54, 1.807) is 7.11 Å². The first-order valence-corrected chi connectivity index (χ1v) is 10.3. The summed E-state index contributed by atoms with van der Waals surface area (Å²) in [6, 6.07) is 7.91. The van der Waals surface area contributed by atoms with Gasteiger partial charge in [0.2, 0.25) is 0 Å². The van der Waals surface area contributed by atoms with E-state index in [1.165, 1.54) is 0 Å². The third-order valence-electron chi connectivity index (χ3n) is 4.86. The van der Waals surface area contributed by atoms with Gasteiger partial charge in [0, 0.05) is 4.47 Å². The molecular weight excluding hydrogens is 418 g/mol. The van der Waals surface area contributed by atoms with Crippen LogP contribution in [0.4, 0.5) is 0 Å². The number of nitrogens with one attached hydrogen (secondary N) is 1. The van der Waals surface area contributed by atoms with Crippen LogP contribution in [0.25, 0.3) is 0 Å². The average molecular weight is 448 g/mol. The quantitative estimate of drug-likeness (QED) is 0.586. The maximum absolute atomic E-state index is 12.4. The Hall–Kier alpha value is -2.01. The van der Waals surface area contributed by atoms with Crippen LogP contribution in [-0.2, 0) is 4.79 Å². The second-order valence-electron chi connectivity index (χ2n) is 7.55. The number of halogens is 1. The van der Waals surface area contributed by atoms with Gasteiger partial charge in [-0.1, -0.05) is 29.8 Å². The zero-order valence-corrected chi connectivity index (χ0v) is 19.4. The van der Waals surface area contributed by atoms with Gasteiger partial charge in [-0.2, -0.15) is 0 Å².